The number of nitrogens with zero attached hydrogens (tertiary/aromatic N) is 2. The van der Waals surface area contributed by atoms with Gasteiger partial charge in [0.15, 0.2) is 10.8 Å². The van der Waals surface area contributed by atoms with Crippen molar-refractivity contribution in [1.29, 1.82) is 0 Å². The van der Waals surface area contributed by atoms with Gasteiger partial charge in [-0.05, 0) is 24.6 Å². The lowest BCUT2D eigenvalue weighted by Crippen LogP contribution is -2.15. The second kappa shape index (κ2) is 7.51. The van der Waals surface area contributed by atoms with Crippen LogP contribution in [0.25, 0.3) is 11.2 Å². The van der Waals surface area contributed by atoms with E-state index in [1.54, 1.807) is 18.2 Å². The van der Waals surface area contributed by atoms with Crippen LogP contribution in [0.15, 0.2) is 29.6 Å². The van der Waals surface area contributed by atoms with Crippen LogP contribution in [0.4, 0.5) is 5.69 Å². The first-order valence-electron chi connectivity index (χ1n) is 7.24. The van der Waals surface area contributed by atoms with Gasteiger partial charge in [0.05, 0.1) is 29.1 Å². The van der Waals surface area contributed by atoms with Gasteiger partial charge >= 0.3 is 0 Å². The van der Waals surface area contributed by atoms with Gasteiger partial charge in [-0.3, -0.25) is 4.79 Å². The maximum Gasteiger partial charge on any atom is 0.234 e. The molecule has 9 heteroatoms. The molecule has 2 N–H and O–H groups in total. The Morgan fingerprint density at radius 2 is 2.16 bits per heavy atom. The number of anilines is 1. The molecule has 0 unspecified atom stereocenters. The number of pyridine rings is 1. The van der Waals surface area contributed by atoms with Crippen LogP contribution in [-0.2, 0) is 4.79 Å². The minimum absolute atomic E-state index is 0.179. The summed E-state index contributed by atoms with van der Waals surface area (Å²) in [7, 11) is 1.53. The molecule has 6 nitrogen and oxygen atoms in total. The Morgan fingerprint density at radius 1 is 1.36 bits per heavy atom. The Hall–Kier alpha value is -1.96. The number of halogens is 2. The smallest absolute Gasteiger partial charge is 0.234 e. The van der Waals surface area contributed by atoms with E-state index in [9.17, 15) is 4.79 Å². The summed E-state index contributed by atoms with van der Waals surface area (Å²) in [6, 6.07) is 5.19. The lowest BCUT2D eigenvalue weighted by molar-refractivity contribution is -0.113. The van der Waals surface area contributed by atoms with Crippen LogP contribution < -0.4 is 10.1 Å². The molecule has 0 spiro atoms. The van der Waals surface area contributed by atoms with Gasteiger partial charge < -0.3 is 15.0 Å². The number of carbonyl (C=O) groups is 1. The number of H-pyrrole nitrogens is 1. The van der Waals surface area contributed by atoms with Gasteiger partial charge in [0.1, 0.15) is 5.75 Å². The highest BCUT2D eigenvalue weighted by atomic mass is 35.5. The van der Waals surface area contributed by atoms with E-state index >= 15 is 0 Å². The van der Waals surface area contributed by atoms with Crippen LogP contribution in [-0.4, -0.2) is 33.7 Å². The summed E-state index contributed by atoms with van der Waals surface area (Å²) < 4.78 is 5.25. The minimum Gasteiger partial charge on any atom is -0.495 e. The molecule has 0 atom stereocenters. The van der Waals surface area contributed by atoms with E-state index in [4.69, 9.17) is 27.9 Å². The first-order valence-corrected chi connectivity index (χ1v) is 8.98. The summed E-state index contributed by atoms with van der Waals surface area (Å²) in [5.74, 6) is 0.506. The molecule has 3 aromatic rings. The summed E-state index contributed by atoms with van der Waals surface area (Å²) in [5, 5.41) is 4.52. The second-order valence-corrected chi connectivity index (χ2v) is 7.01. The first-order chi connectivity index (χ1) is 12.0. The third-order valence-corrected chi connectivity index (χ3v) is 4.86. The average Bonchev–Trinajstić information content (AvgIpc) is 2.98. The second-order valence-electron chi connectivity index (χ2n) is 5.21. The summed E-state index contributed by atoms with van der Waals surface area (Å²) in [6.45, 7) is 1.86. The number of fused-ring (bicyclic) bond motifs is 1. The number of hydrogen-bond donors (Lipinski definition) is 2. The number of thioether (sulfide) groups is 1. The fraction of sp³-hybridized carbons (Fsp3) is 0.188. The molecular weight excluding hydrogens is 383 g/mol. The zero-order valence-electron chi connectivity index (χ0n) is 13.4. The summed E-state index contributed by atoms with van der Waals surface area (Å²) in [4.78, 5) is 23.7. The van der Waals surface area contributed by atoms with Gasteiger partial charge in [-0.25, -0.2) is 9.97 Å². The third-order valence-electron chi connectivity index (χ3n) is 3.38. The number of benzene rings is 1. The lowest BCUT2D eigenvalue weighted by Gasteiger charge is -2.12. The normalized spacial score (nSPS) is 10.9. The lowest BCUT2D eigenvalue weighted by atomic mass is 10.2. The van der Waals surface area contributed by atoms with Gasteiger partial charge in [-0.15, -0.1) is 0 Å². The van der Waals surface area contributed by atoms with Gasteiger partial charge in [-0.1, -0.05) is 35.0 Å². The average molecular weight is 397 g/mol. The van der Waals surface area contributed by atoms with Crippen LogP contribution in [0.5, 0.6) is 5.75 Å². The van der Waals surface area contributed by atoms with Crippen molar-refractivity contribution in [2.24, 2.45) is 0 Å². The van der Waals surface area contributed by atoms with Crippen molar-refractivity contribution in [3.63, 3.8) is 0 Å². The molecule has 0 aliphatic heterocycles. The Balaban J connectivity index is 1.67. The number of aryl methyl sites for hydroxylation is 1. The van der Waals surface area contributed by atoms with E-state index in [1.807, 2.05) is 6.92 Å². The number of aromatic amines is 1. The summed E-state index contributed by atoms with van der Waals surface area (Å²) >= 11 is 13.2. The standard InChI is InChI=1S/C16H14Cl2N4O2S/c1-8-3-11(13(24-2)5-10(8)18)20-14(23)7-25-16-21-12-4-9(17)6-19-15(12)22-16/h3-6H,7H2,1-2H3,(H,20,23)(H,19,21,22). The molecule has 2 heterocycles. The van der Waals surface area contributed by atoms with E-state index in [0.29, 0.717) is 32.3 Å². The molecule has 0 bridgehead atoms. The van der Waals surface area contributed by atoms with Crippen LogP contribution in [0.1, 0.15) is 5.56 Å². The van der Waals surface area contributed by atoms with E-state index in [2.05, 4.69) is 20.3 Å². The van der Waals surface area contributed by atoms with Crippen molar-refractivity contribution in [3.8, 4) is 5.75 Å². The number of aromatic nitrogens is 3. The van der Waals surface area contributed by atoms with Crippen molar-refractivity contribution < 1.29 is 9.53 Å². The maximum atomic E-state index is 12.2. The van der Waals surface area contributed by atoms with Crippen molar-refractivity contribution in [2.75, 3.05) is 18.2 Å². The minimum atomic E-state index is -0.184. The molecular formula is C16H14Cl2N4O2S. The number of nitrogens with one attached hydrogen (secondary N) is 2. The Bertz CT molecular complexity index is 945. The van der Waals surface area contributed by atoms with Gasteiger partial charge in [0.25, 0.3) is 0 Å². The Kier molecular flexibility index (Phi) is 5.36. The van der Waals surface area contributed by atoms with Crippen molar-refractivity contribution in [3.05, 3.63) is 40.0 Å². The van der Waals surface area contributed by atoms with Gasteiger partial charge in [-0.2, -0.15) is 0 Å². The predicted octanol–water partition coefficient (Wildman–Crippen LogP) is 4.31. The molecule has 1 amide bonds. The van der Waals surface area contributed by atoms with E-state index in [0.717, 1.165) is 11.1 Å². The Morgan fingerprint density at radius 3 is 2.92 bits per heavy atom. The zero-order chi connectivity index (χ0) is 18.0. The number of imidazole rings is 1. The van der Waals surface area contributed by atoms with E-state index in [-0.39, 0.29) is 11.7 Å². The van der Waals surface area contributed by atoms with E-state index < -0.39 is 0 Å². The zero-order valence-corrected chi connectivity index (χ0v) is 15.7. The molecule has 1 aromatic carbocycles. The summed E-state index contributed by atoms with van der Waals surface area (Å²) in [6.07, 6.45) is 1.53. The first kappa shape index (κ1) is 17.8. The largest absolute Gasteiger partial charge is 0.495 e. The third kappa shape index (κ3) is 4.18. The van der Waals surface area contributed by atoms with E-state index in [1.165, 1.54) is 25.1 Å². The Labute approximate surface area is 158 Å². The number of rotatable bonds is 5. The molecule has 0 aliphatic rings. The SMILES string of the molecule is COc1cc(Cl)c(C)cc1NC(=O)CSc1nc2ncc(Cl)cc2[nH]1. The van der Waals surface area contributed by atoms with Crippen LogP contribution >= 0.6 is 35.0 Å². The molecule has 2 aromatic heterocycles. The number of methoxy groups -OCH3 is 1. The molecule has 0 saturated carbocycles. The topological polar surface area (TPSA) is 79.9 Å². The highest BCUT2D eigenvalue weighted by molar-refractivity contribution is 7.99. The molecule has 0 saturated heterocycles. The quantitative estimate of drug-likeness (QED) is 0.627. The molecule has 0 radical (unpaired) electrons. The number of ether oxygens (including phenoxy) is 1. The predicted molar refractivity (Wildman–Crippen MR) is 101 cm³/mol. The fourth-order valence-corrected chi connectivity index (χ4v) is 3.16. The molecule has 25 heavy (non-hydrogen) atoms. The van der Waals surface area contributed by atoms with Gasteiger partial charge in [0, 0.05) is 17.3 Å². The van der Waals surface area contributed by atoms with Crippen LogP contribution in [0.3, 0.4) is 0 Å². The molecule has 3 rings (SSSR count). The monoisotopic (exact) mass is 396 g/mol. The van der Waals surface area contributed by atoms with Gasteiger partial charge in [0.2, 0.25) is 5.91 Å². The highest BCUT2D eigenvalue weighted by Crippen LogP contribution is 2.31. The number of carbonyl (C=O) groups excluding carboxylic acids is 1. The molecule has 130 valence electrons. The summed E-state index contributed by atoms with van der Waals surface area (Å²) in [5.41, 5.74) is 2.71. The number of amides is 1. The van der Waals surface area contributed by atoms with Crippen LogP contribution in [0, 0.1) is 6.92 Å². The van der Waals surface area contributed by atoms with Crippen LogP contribution in [0.2, 0.25) is 10.0 Å². The maximum absolute atomic E-state index is 12.2. The fourth-order valence-electron chi connectivity index (χ4n) is 2.17. The van der Waals surface area contributed by atoms with Crippen molar-refractivity contribution >= 4 is 57.7 Å². The van der Waals surface area contributed by atoms with Crippen molar-refractivity contribution in [1.82, 2.24) is 15.0 Å². The number of hydrogen-bond acceptors (Lipinski definition) is 5. The molecule has 0 aliphatic carbocycles. The van der Waals surface area contributed by atoms with Crippen molar-refractivity contribution in [2.45, 2.75) is 12.1 Å². The highest BCUT2D eigenvalue weighted by Gasteiger charge is 2.12. The molecule has 0 fully saturated rings.